The number of fused-ring (bicyclic) bond motifs is 1. The van der Waals surface area contributed by atoms with Crippen LogP contribution < -0.4 is 0 Å². The highest BCUT2D eigenvalue weighted by Gasteiger charge is 2.37. The minimum Gasteiger partial charge on any atom is -0.273 e. The Hall–Kier alpha value is -1.16. The zero-order valence-corrected chi connectivity index (χ0v) is 12.3. The predicted molar refractivity (Wildman–Crippen MR) is 74.0 cm³/mol. The number of hydrogen-bond acceptors (Lipinski definition) is 2. The highest BCUT2D eigenvalue weighted by molar-refractivity contribution is 9.09. The van der Waals surface area contributed by atoms with Crippen molar-refractivity contribution in [2.45, 2.75) is 25.6 Å². The summed E-state index contributed by atoms with van der Waals surface area (Å²) in [5.74, 6) is -0.381. The van der Waals surface area contributed by atoms with E-state index < -0.39 is 0 Å². The van der Waals surface area contributed by atoms with Gasteiger partial charge in [0, 0.05) is 11.4 Å². The Morgan fingerprint density at radius 1 is 1.11 bits per heavy atom. The van der Waals surface area contributed by atoms with Crippen molar-refractivity contribution in [3.05, 3.63) is 35.4 Å². The van der Waals surface area contributed by atoms with Crippen LogP contribution in [0.2, 0.25) is 0 Å². The quantitative estimate of drug-likeness (QED) is 0.622. The van der Waals surface area contributed by atoms with Crippen molar-refractivity contribution in [1.29, 1.82) is 0 Å². The van der Waals surface area contributed by atoms with Gasteiger partial charge in [0.25, 0.3) is 11.8 Å². The molecule has 0 radical (unpaired) electrons. The molecule has 2 rings (SSSR count). The van der Waals surface area contributed by atoms with Gasteiger partial charge in [0.2, 0.25) is 0 Å². The molecule has 3 nitrogen and oxygen atoms in total. The van der Waals surface area contributed by atoms with Crippen molar-refractivity contribution in [2.24, 2.45) is 5.41 Å². The Balaban J connectivity index is 2.24. The Labute approximate surface area is 115 Å². The molecule has 2 amide bonds. The largest absolute Gasteiger partial charge is 0.273 e. The molecule has 1 aliphatic rings. The van der Waals surface area contributed by atoms with Crippen LogP contribution in [0.25, 0.3) is 0 Å². The molecule has 1 atom stereocenters. The van der Waals surface area contributed by atoms with E-state index in [-0.39, 0.29) is 22.1 Å². The van der Waals surface area contributed by atoms with Crippen LogP contribution in [0.5, 0.6) is 0 Å². The lowest BCUT2D eigenvalue weighted by atomic mass is 9.92. The fraction of sp³-hybridized carbons (Fsp3) is 0.429. The van der Waals surface area contributed by atoms with Gasteiger partial charge < -0.3 is 0 Å². The van der Waals surface area contributed by atoms with E-state index in [1.165, 1.54) is 4.90 Å². The average Bonchev–Trinajstić information content (AvgIpc) is 2.54. The van der Waals surface area contributed by atoms with Crippen LogP contribution >= 0.6 is 15.9 Å². The maximum absolute atomic E-state index is 12.2. The van der Waals surface area contributed by atoms with Crippen LogP contribution in [-0.4, -0.2) is 28.1 Å². The van der Waals surface area contributed by atoms with Crippen molar-refractivity contribution in [1.82, 2.24) is 4.90 Å². The molecule has 18 heavy (non-hydrogen) atoms. The van der Waals surface area contributed by atoms with Gasteiger partial charge in [0.05, 0.1) is 11.1 Å². The summed E-state index contributed by atoms with van der Waals surface area (Å²) in [5, 5.41) is 0. The molecule has 0 saturated heterocycles. The monoisotopic (exact) mass is 309 g/mol. The molecule has 0 saturated carbocycles. The fourth-order valence-corrected chi connectivity index (χ4v) is 2.13. The smallest absolute Gasteiger partial charge is 0.261 e. The number of rotatable bonds is 2. The van der Waals surface area contributed by atoms with Crippen molar-refractivity contribution >= 4 is 27.7 Å². The summed E-state index contributed by atoms with van der Waals surface area (Å²) in [6, 6.07) is 6.97. The van der Waals surface area contributed by atoms with E-state index in [2.05, 4.69) is 36.7 Å². The molecule has 1 aliphatic heterocycles. The summed E-state index contributed by atoms with van der Waals surface area (Å²) in [6.07, 6.45) is 0. The molecule has 1 unspecified atom stereocenters. The van der Waals surface area contributed by atoms with E-state index in [4.69, 9.17) is 0 Å². The highest BCUT2D eigenvalue weighted by Crippen LogP contribution is 2.30. The van der Waals surface area contributed by atoms with Gasteiger partial charge in [-0.05, 0) is 17.5 Å². The molecule has 1 aromatic carbocycles. The first-order valence-electron chi connectivity index (χ1n) is 5.91. The molecule has 0 fully saturated rings. The van der Waals surface area contributed by atoms with Crippen LogP contribution in [0.15, 0.2) is 24.3 Å². The number of carbonyl (C=O) groups excluding carboxylic acids is 2. The van der Waals surface area contributed by atoms with Crippen LogP contribution in [0.1, 0.15) is 41.5 Å². The summed E-state index contributed by atoms with van der Waals surface area (Å²) < 4.78 is 0. The number of halogens is 1. The summed E-state index contributed by atoms with van der Waals surface area (Å²) in [5.41, 5.74) is 1.02. The lowest BCUT2D eigenvalue weighted by Gasteiger charge is -2.28. The molecule has 1 heterocycles. The first kappa shape index (κ1) is 13.3. The summed E-state index contributed by atoms with van der Waals surface area (Å²) >= 11 is 3.56. The lowest BCUT2D eigenvalue weighted by Crippen LogP contribution is -2.39. The highest BCUT2D eigenvalue weighted by atomic mass is 79.9. The Morgan fingerprint density at radius 3 is 1.94 bits per heavy atom. The first-order valence-corrected chi connectivity index (χ1v) is 6.83. The van der Waals surface area contributed by atoms with E-state index in [1.807, 2.05) is 0 Å². The SMILES string of the molecule is CC(C)(C)C(Br)CN1C(=O)c2ccccc2C1=O. The molecule has 96 valence electrons. The van der Waals surface area contributed by atoms with Crippen LogP contribution in [0.3, 0.4) is 0 Å². The molecule has 0 aliphatic carbocycles. The maximum atomic E-state index is 12.2. The second-order valence-electron chi connectivity index (χ2n) is 5.60. The number of hydrogen-bond donors (Lipinski definition) is 0. The summed E-state index contributed by atoms with van der Waals surface area (Å²) in [7, 11) is 0. The molecule has 1 aromatic rings. The topological polar surface area (TPSA) is 37.4 Å². The fourth-order valence-electron chi connectivity index (χ4n) is 1.84. The number of benzene rings is 1. The van der Waals surface area contributed by atoms with Crippen molar-refractivity contribution in [3.8, 4) is 0 Å². The van der Waals surface area contributed by atoms with Gasteiger partial charge in [-0.3, -0.25) is 14.5 Å². The molecule has 0 bridgehead atoms. The van der Waals surface area contributed by atoms with Gasteiger partial charge in [-0.2, -0.15) is 0 Å². The third-order valence-electron chi connectivity index (χ3n) is 3.16. The Kier molecular flexibility index (Phi) is 3.32. The van der Waals surface area contributed by atoms with Crippen LogP contribution in [-0.2, 0) is 0 Å². The van der Waals surface area contributed by atoms with Gasteiger partial charge in [-0.25, -0.2) is 0 Å². The average molecular weight is 310 g/mol. The predicted octanol–water partition coefficient (Wildman–Crippen LogP) is 3.09. The van der Waals surface area contributed by atoms with Crippen molar-refractivity contribution < 1.29 is 9.59 Å². The van der Waals surface area contributed by atoms with Crippen molar-refractivity contribution in [2.75, 3.05) is 6.54 Å². The van der Waals surface area contributed by atoms with Crippen LogP contribution in [0, 0.1) is 5.41 Å². The second kappa shape index (κ2) is 4.50. The van der Waals surface area contributed by atoms with E-state index in [0.717, 1.165) is 0 Å². The van der Waals surface area contributed by atoms with Crippen molar-refractivity contribution in [3.63, 3.8) is 0 Å². The zero-order valence-electron chi connectivity index (χ0n) is 10.7. The maximum Gasteiger partial charge on any atom is 0.261 e. The van der Waals surface area contributed by atoms with Gasteiger partial charge >= 0.3 is 0 Å². The zero-order chi connectivity index (χ0) is 13.5. The third kappa shape index (κ3) is 2.21. The Bertz CT molecular complexity index is 470. The van der Waals surface area contributed by atoms with E-state index >= 15 is 0 Å². The van der Waals surface area contributed by atoms with E-state index in [0.29, 0.717) is 17.7 Å². The van der Waals surface area contributed by atoms with E-state index in [9.17, 15) is 9.59 Å². The molecular weight excluding hydrogens is 294 g/mol. The number of alkyl halides is 1. The van der Waals surface area contributed by atoms with Gasteiger partial charge in [-0.15, -0.1) is 0 Å². The molecule has 0 N–H and O–H groups in total. The molecule has 0 spiro atoms. The van der Waals surface area contributed by atoms with Crippen LogP contribution in [0.4, 0.5) is 0 Å². The summed E-state index contributed by atoms with van der Waals surface area (Å²) in [6.45, 7) is 6.62. The minimum absolute atomic E-state index is 0.00463. The Morgan fingerprint density at radius 2 is 1.56 bits per heavy atom. The summed E-state index contributed by atoms with van der Waals surface area (Å²) in [4.78, 5) is 25.7. The number of imide groups is 1. The van der Waals surface area contributed by atoms with Gasteiger partial charge in [0.15, 0.2) is 0 Å². The van der Waals surface area contributed by atoms with Gasteiger partial charge in [-0.1, -0.05) is 48.8 Å². The molecule has 4 heteroatoms. The van der Waals surface area contributed by atoms with Gasteiger partial charge in [0.1, 0.15) is 0 Å². The molecular formula is C14H16BrNO2. The number of nitrogens with zero attached hydrogens (tertiary/aromatic N) is 1. The standard InChI is InChI=1S/C14H16BrNO2/c1-14(2,3)11(15)8-16-12(17)9-6-4-5-7-10(9)13(16)18/h4-7,11H,8H2,1-3H3. The first-order chi connectivity index (χ1) is 8.32. The molecule has 0 aromatic heterocycles. The minimum atomic E-state index is -0.190. The lowest BCUT2D eigenvalue weighted by molar-refractivity contribution is 0.0644. The number of carbonyl (C=O) groups is 2. The van der Waals surface area contributed by atoms with E-state index in [1.54, 1.807) is 24.3 Å². The second-order valence-corrected chi connectivity index (χ2v) is 6.71. The number of amides is 2. The normalized spacial score (nSPS) is 17.0. The third-order valence-corrected chi connectivity index (χ3v) is 4.82.